The van der Waals surface area contributed by atoms with Crippen LogP contribution in [0.5, 0.6) is 0 Å². The quantitative estimate of drug-likeness (QED) is 0.230. The highest BCUT2D eigenvalue weighted by atomic mass is 35.5. The Kier molecular flexibility index (Phi) is 11.3. The number of rotatable bonds is 12. The van der Waals surface area contributed by atoms with Gasteiger partial charge in [0.1, 0.15) is 5.60 Å². The largest absolute Gasteiger partial charge is 0.444 e. The Hall–Kier alpha value is -2.51. The zero-order valence-electron chi connectivity index (χ0n) is 23.6. The molecular weight excluding hydrogens is 530 g/mol. The van der Waals surface area contributed by atoms with Gasteiger partial charge in [0.05, 0.1) is 18.8 Å². The van der Waals surface area contributed by atoms with Crippen LogP contribution in [0.2, 0.25) is 5.02 Å². The first-order valence-electron chi connectivity index (χ1n) is 13.3. The molecule has 39 heavy (non-hydrogen) atoms. The lowest BCUT2D eigenvalue weighted by Gasteiger charge is -2.34. The average Bonchev–Trinajstić information content (AvgIpc) is 2.88. The van der Waals surface area contributed by atoms with Crippen LogP contribution in [0.4, 0.5) is 4.79 Å². The summed E-state index contributed by atoms with van der Waals surface area (Å²) in [6, 6.07) is 22.8. The van der Waals surface area contributed by atoms with Crippen LogP contribution in [-0.4, -0.2) is 36.1 Å². The van der Waals surface area contributed by atoms with E-state index in [0.29, 0.717) is 30.9 Å². The van der Waals surface area contributed by atoms with Crippen LogP contribution in [0.3, 0.4) is 0 Å². The van der Waals surface area contributed by atoms with Crippen molar-refractivity contribution in [1.29, 1.82) is 0 Å². The van der Waals surface area contributed by atoms with E-state index in [1.165, 1.54) is 0 Å². The molecule has 0 saturated heterocycles. The summed E-state index contributed by atoms with van der Waals surface area (Å²) >= 11 is 8.41. The molecule has 2 N–H and O–H groups in total. The molecule has 3 aromatic rings. The van der Waals surface area contributed by atoms with Crippen LogP contribution in [0.25, 0.3) is 11.1 Å². The zero-order valence-corrected chi connectivity index (χ0v) is 25.1. The Morgan fingerprint density at radius 3 is 2.31 bits per heavy atom. The number of nitrogens with one attached hydrogen (secondary N) is 1. The Bertz CT molecular complexity index is 1230. The molecule has 5 nitrogen and oxygen atoms in total. The number of amides is 1. The number of benzene rings is 3. The zero-order chi connectivity index (χ0) is 28.5. The van der Waals surface area contributed by atoms with Crippen LogP contribution in [0.15, 0.2) is 76.5 Å². The van der Waals surface area contributed by atoms with Crippen molar-refractivity contribution in [2.75, 3.05) is 13.7 Å². The minimum atomic E-state index is -0.777. The van der Waals surface area contributed by atoms with Crippen molar-refractivity contribution in [2.45, 2.75) is 80.9 Å². The second-order valence-electron chi connectivity index (χ2n) is 10.8. The van der Waals surface area contributed by atoms with Crippen molar-refractivity contribution in [2.24, 2.45) is 0 Å². The lowest BCUT2D eigenvalue weighted by Crippen LogP contribution is -2.53. The number of aryl methyl sites for hydroxylation is 1. The smallest absolute Gasteiger partial charge is 0.408 e. The highest BCUT2D eigenvalue weighted by Crippen LogP contribution is 2.36. The van der Waals surface area contributed by atoms with E-state index < -0.39 is 17.2 Å². The lowest BCUT2D eigenvalue weighted by atomic mass is 9.87. The topological polar surface area (TPSA) is 67.8 Å². The summed E-state index contributed by atoms with van der Waals surface area (Å²) in [6.45, 7) is 7.85. The molecule has 0 bridgehead atoms. The summed E-state index contributed by atoms with van der Waals surface area (Å²) < 4.78 is 10.9. The first kappa shape index (κ1) is 31.0. The molecule has 0 fully saturated rings. The number of aliphatic hydroxyl groups excluding tert-OH is 1. The van der Waals surface area contributed by atoms with Gasteiger partial charge in [-0.15, -0.1) is 0 Å². The van der Waals surface area contributed by atoms with E-state index in [1.807, 2.05) is 58.0 Å². The first-order valence-corrected chi connectivity index (χ1v) is 14.5. The lowest BCUT2D eigenvalue weighted by molar-refractivity contribution is 0.0373. The van der Waals surface area contributed by atoms with Crippen LogP contribution in [-0.2, 0) is 22.5 Å². The normalized spacial score (nSPS) is 13.1. The van der Waals surface area contributed by atoms with Gasteiger partial charge in [-0.05, 0) is 80.5 Å². The summed E-state index contributed by atoms with van der Waals surface area (Å²) in [5.41, 5.74) is 3.00. The monoisotopic (exact) mass is 569 g/mol. The van der Waals surface area contributed by atoms with Crippen molar-refractivity contribution in [3.63, 3.8) is 0 Å². The van der Waals surface area contributed by atoms with E-state index in [9.17, 15) is 9.90 Å². The van der Waals surface area contributed by atoms with Crippen LogP contribution in [0, 0.1) is 0 Å². The highest BCUT2D eigenvalue weighted by Gasteiger charge is 2.32. The molecule has 0 aliphatic carbocycles. The molecule has 0 aromatic heterocycles. The van der Waals surface area contributed by atoms with E-state index in [1.54, 1.807) is 18.9 Å². The number of methoxy groups -OCH3 is 1. The van der Waals surface area contributed by atoms with Crippen molar-refractivity contribution in [3.8, 4) is 11.1 Å². The number of carbonyl (C=O) groups is 1. The molecule has 0 saturated carbocycles. The molecule has 0 unspecified atom stereocenters. The van der Waals surface area contributed by atoms with E-state index in [2.05, 4.69) is 41.7 Å². The minimum Gasteiger partial charge on any atom is -0.444 e. The summed E-state index contributed by atoms with van der Waals surface area (Å²) in [7, 11) is 1.70. The van der Waals surface area contributed by atoms with Gasteiger partial charge in [-0.1, -0.05) is 85.2 Å². The van der Waals surface area contributed by atoms with E-state index in [-0.39, 0.29) is 6.61 Å². The number of halogens is 1. The molecule has 7 heteroatoms. The number of hydrogen-bond donors (Lipinski definition) is 2. The van der Waals surface area contributed by atoms with E-state index in [0.717, 1.165) is 38.5 Å². The number of carbonyl (C=O) groups excluding carboxylic acids is 1. The number of aliphatic hydroxyl groups is 1. The minimum absolute atomic E-state index is 0.175. The molecule has 0 aliphatic rings. The maximum Gasteiger partial charge on any atom is 0.408 e. The van der Waals surface area contributed by atoms with Crippen LogP contribution >= 0.6 is 23.4 Å². The maximum atomic E-state index is 12.5. The third-order valence-corrected chi connectivity index (χ3v) is 7.84. The van der Waals surface area contributed by atoms with Gasteiger partial charge < -0.3 is 19.9 Å². The molecule has 3 rings (SSSR count). The fraction of sp³-hybridized carbons (Fsp3) is 0.406. The van der Waals surface area contributed by atoms with Crippen molar-refractivity contribution in [3.05, 3.63) is 82.9 Å². The molecule has 210 valence electrons. The SMILES string of the molecule is CCC[C@@](CO)(CCc1ccc(Sc2cc(-c3ccccc3)ccc2COC)cc1Cl)NC(=O)OC(C)(C)C. The molecule has 0 spiro atoms. The van der Waals surface area contributed by atoms with Gasteiger partial charge in [0, 0.05) is 21.9 Å². The predicted molar refractivity (Wildman–Crippen MR) is 161 cm³/mol. The number of alkyl carbamates (subject to hydrolysis) is 1. The van der Waals surface area contributed by atoms with Gasteiger partial charge in [0.25, 0.3) is 0 Å². The summed E-state index contributed by atoms with van der Waals surface area (Å²) in [6.07, 6.45) is 2.07. The van der Waals surface area contributed by atoms with Gasteiger partial charge in [-0.2, -0.15) is 0 Å². The molecule has 0 heterocycles. The average molecular weight is 570 g/mol. The first-order chi connectivity index (χ1) is 18.6. The summed E-state index contributed by atoms with van der Waals surface area (Å²) in [4.78, 5) is 14.7. The molecule has 1 amide bonds. The standard InChI is InChI=1S/C32H40ClNO4S/c1-6-17-32(22-35,34-30(36)38-31(2,3)4)18-16-24-14-15-27(20-28(24)33)39-29-19-25(12-13-26(29)21-37-5)23-10-8-7-9-11-23/h7-15,19-20,35H,6,16-18,21-22H2,1-5H3,(H,34,36)/t32-/m0/s1. The molecule has 1 atom stereocenters. The second kappa shape index (κ2) is 14.2. The van der Waals surface area contributed by atoms with Gasteiger partial charge in [0.2, 0.25) is 0 Å². The Labute approximate surface area is 242 Å². The van der Waals surface area contributed by atoms with Crippen LogP contribution < -0.4 is 5.32 Å². The van der Waals surface area contributed by atoms with E-state index in [4.69, 9.17) is 21.1 Å². The van der Waals surface area contributed by atoms with Gasteiger partial charge in [-0.3, -0.25) is 0 Å². The Balaban J connectivity index is 1.77. The van der Waals surface area contributed by atoms with Gasteiger partial charge >= 0.3 is 6.09 Å². The van der Waals surface area contributed by atoms with Crippen molar-refractivity contribution >= 4 is 29.5 Å². The number of hydrogen-bond acceptors (Lipinski definition) is 5. The third kappa shape index (κ3) is 9.28. The molecule has 3 aromatic carbocycles. The fourth-order valence-electron chi connectivity index (χ4n) is 4.48. The van der Waals surface area contributed by atoms with Crippen molar-refractivity contribution in [1.82, 2.24) is 5.32 Å². The molecule has 0 aliphatic heterocycles. The maximum absolute atomic E-state index is 12.5. The van der Waals surface area contributed by atoms with Crippen LogP contribution in [0.1, 0.15) is 58.1 Å². The fourth-order valence-corrected chi connectivity index (χ4v) is 5.83. The third-order valence-electron chi connectivity index (χ3n) is 6.40. The number of ether oxygens (including phenoxy) is 2. The van der Waals surface area contributed by atoms with Gasteiger partial charge in [0.15, 0.2) is 0 Å². The predicted octanol–water partition coefficient (Wildman–Crippen LogP) is 8.29. The summed E-state index contributed by atoms with van der Waals surface area (Å²) in [5.74, 6) is 0. The second-order valence-corrected chi connectivity index (χ2v) is 12.3. The Morgan fingerprint density at radius 1 is 0.974 bits per heavy atom. The summed E-state index contributed by atoms with van der Waals surface area (Å²) in [5, 5.41) is 13.9. The van der Waals surface area contributed by atoms with E-state index >= 15 is 0 Å². The molecular formula is C32H40ClNO4S. The van der Waals surface area contributed by atoms with Crippen molar-refractivity contribution < 1.29 is 19.4 Å². The highest BCUT2D eigenvalue weighted by molar-refractivity contribution is 7.99. The Morgan fingerprint density at radius 2 is 1.69 bits per heavy atom. The van der Waals surface area contributed by atoms with Gasteiger partial charge in [-0.25, -0.2) is 4.79 Å². The molecule has 0 radical (unpaired) electrons.